The van der Waals surface area contributed by atoms with Crippen LogP contribution < -0.4 is 10.6 Å². The number of rotatable bonds is 5. The first kappa shape index (κ1) is 14.2. The van der Waals surface area contributed by atoms with E-state index < -0.39 is 0 Å². The highest BCUT2D eigenvalue weighted by molar-refractivity contribution is 6.04. The second-order valence-corrected chi connectivity index (χ2v) is 4.47. The average Bonchev–Trinajstić information content (AvgIpc) is 2.85. The van der Waals surface area contributed by atoms with Gasteiger partial charge in [-0.15, -0.1) is 0 Å². The molecule has 0 spiro atoms. The molecule has 0 aliphatic rings. The predicted octanol–water partition coefficient (Wildman–Crippen LogP) is 1.55. The molecule has 2 aromatic rings. The molecule has 2 rings (SSSR count). The number of nitrogens with two attached hydrogens (primary N) is 1. The van der Waals surface area contributed by atoms with Crippen LogP contribution in [0, 0.1) is 5.82 Å². The van der Waals surface area contributed by atoms with E-state index in [1.54, 1.807) is 30.1 Å². The molecule has 1 aromatic heterocycles. The summed E-state index contributed by atoms with van der Waals surface area (Å²) < 4.78 is 15.0. The molecule has 0 unspecified atom stereocenters. The molecule has 0 saturated heterocycles. The van der Waals surface area contributed by atoms with Crippen LogP contribution in [0.3, 0.4) is 0 Å². The van der Waals surface area contributed by atoms with Crippen molar-refractivity contribution >= 4 is 11.6 Å². The largest absolute Gasteiger partial charge is 0.330 e. The molecular formula is C14H17FN4O. The van der Waals surface area contributed by atoms with E-state index in [9.17, 15) is 9.18 Å². The number of carbonyl (C=O) groups excluding carboxylic acids is 1. The van der Waals surface area contributed by atoms with E-state index in [0.29, 0.717) is 30.9 Å². The van der Waals surface area contributed by atoms with Crippen LogP contribution in [0.4, 0.5) is 10.1 Å². The normalized spacial score (nSPS) is 10.6. The van der Waals surface area contributed by atoms with E-state index >= 15 is 0 Å². The van der Waals surface area contributed by atoms with Crippen LogP contribution in [-0.2, 0) is 7.05 Å². The Hall–Kier alpha value is -2.21. The van der Waals surface area contributed by atoms with Gasteiger partial charge >= 0.3 is 0 Å². The maximum atomic E-state index is 13.4. The van der Waals surface area contributed by atoms with Crippen LogP contribution in [0.25, 0.3) is 0 Å². The summed E-state index contributed by atoms with van der Waals surface area (Å²) in [6.45, 7) is 0.897. The second kappa shape index (κ2) is 6.29. The topological polar surface area (TPSA) is 64.2 Å². The lowest BCUT2D eigenvalue weighted by Gasteiger charge is -2.22. The van der Waals surface area contributed by atoms with Crippen molar-refractivity contribution in [3.8, 4) is 0 Å². The van der Waals surface area contributed by atoms with Crippen molar-refractivity contribution in [3.05, 3.63) is 48.3 Å². The first-order valence-corrected chi connectivity index (χ1v) is 6.37. The van der Waals surface area contributed by atoms with Crippen molar-refractivity contribution in [2.45, 2.75) is 6.42 Å². The fourth-order valence-corrected chi connectivity index (χ4v) is 1.94. The summed E-state index contributed by atoms with van der Waals surface area (Å²) in [4.78, 5) is 18.0. The molecule has 0 fully saturated rings. The van der Waals surface area contributed by atoms with E-state index in [1.807, 2.05) is 0 Å². The molecule has 0 aliphatic carbocycles. The SMILES string of the molecule is Cn1cncc1C(=O)N(CCCN)c1cccc(F)c1. The van der Waals surface area contributed by atoms with Gasteiger partial charge in [-0.2, -0.15) is 0 Å². The van der Waals surface area contributed by atoms with Gasteiger partial charge in [-0.1, -0.05) is 6.07 Å². The monoisotopic (exact) mass is 276 g/mol. The first-order valence-electron chi connectivity index (χ1n) is 6.37. The smallest absolute Gasteiger partial charge is 0.276 e. The Kier molecular flexibility index (Phi) is 4.47. The molecule has 2 N–H and O–H groups in total. The standard InChI is InChI=1S/C14H17FN4O/c1-18-10-17-9-13(18)14(20)19(7-3-6-16)12-5-2-4-11(15)8-12/h2,4-5,8-10H,3,6-7,16H2,1H3. The number of nitrogens with zero attached hydrogens (tertiary/aromatic N) is 3. The third-order valence-corrected chi connectivity index (χ3v) is 2.99. The van der Waals surface area contributed by atoms with Gasteiger partial charge < -0.3 is 15.2 Å². The number of hydrogen-bond acceptors (Lipinski definition) is 3. The van der Waals surface area contributed by atoms with Crippen molar-refractivity contribution in [1.29, 1.82) is 0 Å². The second-order valence-electron chi connectivity index (χ2n) is 4.47. The van der Waals surface area contributed by atoms with Gasteiger partial charge in [0, 0.05) is 19.3 Å². The summed E-state index contributed by atoms with van der Waals surface area (Å²) in [5.41, 5.74) is 6.47. The van der Waals surface area contributed by atoms with E-state index in [-0.39, 0.29) is 11.7 Å². The molecule has 0 bridgehead atoms. The molecular weight excluding hydrogens is 259 g/mol. The minimum Gasteiger partial charge on any atom is -0.330 e. The molecule has 20 heavy (non-hydrogen) atoms. The van der Waals surface area contributed by atoms with Crippen LogP contribution >= 0.6 is 0 Å². The maximum Gasteiger partial charge on any atom is 0.276 e. The summed E-state index contributed by atoms with van der Waals surface area (Å²) in [5, 5.41) is 0. The lowest BCUT2D eigenvalue weighted by Crippen LogP contribution is -2.34. The van der Waals surface area contributed by atoms with Gasteiger partial charge in [0.1, 0.15) is 11.5 Å². The van der Waals surface area contributed by atoms with Gasteiger partial charge in [0.2, 0.25) is 0 Å². The zero-order valence-electron chi connectivity index (χ0n) is 11.3. The molecule has 106 valence electrons. The summed E-state index contributed by atoms with van der Waals surface area (Å²) >= 11 is 0. The van der Waals surface area contributed by atoms with Crippen LogP contribution in [0.5, 0.6) is 0 Å². The maximum absolute atomic E-state index is 13.4. The molecule has 0 aliphatic heterocycles. The van der Waals surface area contributed by atoms with Gasteiger partial charge in [0.05, 0.1) is 12.5 Å². The van der Waals surface area contributed by atoms with E-state index in [1.165, 1.54) is 23.2 Å². The molecule has 5 nitrogen and oxygen atoms in total. The van der Waals surface area contributed by atoms with Crippen LogP contribution in [0.15, 0.2) is 36.8 Å². The number of hydrogen-bond donors (Lipinski definition) is 1. The number of anilines is 1. The fourth-order valence-electron chi connectivity index (χ4n) is 1.94. The summed E-state index contributed by atoms with van der Waals surface area (Å²) in [5.74, 6) is -0.595. The highest BCUT2D eigenvalue weighted by Gasteiger charge is 2.20. The predicted molar refractivity (Wildman–Crippen MR) is 75.0 cm³/mol. The summed E-state index contributed by atoms with van der Waals surface area (Å²) in [7, 11) is 1.74. The summed E-state index contributed by atoms with van der Waals surface area (Å²) in [6, 6.07) is 5.97. The Morgan fingerprint density at radius 2 is 2.30 bits per heavy atom. The van der Waals surface area contributed by atoms with Gasteiger partial charge in [-0.25, -0.2) is 9.37 Å². The number of benzene rings is 1. The van der Waals surface area contributed by atoms with E-state index in [2.05, 4.69) is 4.98 Å². The van der Waals surface area contributed by atoms with Crippen LogP contribution in [0.1, 0.15) is 16.9 Å². The molecule has 1 heterocycles. The molecule has 0 saturated carbocycles. The zero-order chi connectivity index (χ0) is 14.5. The Bertz CT molecular complexity index is 596. The number of imidazole rings is 1. The van der Waals surface area contributed by atoms with Crippen LogP contribution in [0.2, 0.25) is 0 Å². The van der Waals surface area contributed by atoms with Crippen molar-refractivity contribution < 1.29 is 9.18 Å². The quantitative estimate of drug-likeness (QED) is 0.901. The molecule has 6 heteroatoms. The van der Waals surface area contributed by atoms with E-state index in [0.717, 1.165) is 0 Å². The Morgan fingerprint density at radius 3 is 2.90 bits per heavy atom. The average molecular weight is 276 g/mol. The van der Waals surface area contributed by atoms with Gasteiger partial charge in [0.15, 0.2) is 0 Å². The fraction of sp³-hybridized carbons (Fsp3) is 0.286. The van der Waals surface area contributed by atoms with E-state index in [4.69, 9.17) is 5.73 Å². The van der Waals surface area contributed by atoms with Gasteiger partial charge in [-0.05, 0) is 31.2 Å². The highest BCUT2D eigenvalue weighted by Crippen LogP contribution is 2.18. The number of amides is 1. The Balaban J connectivity index is 2.32. The Morgan fingerprint density at radius 1 is 1.50 bits per heavy atom. The minimum absolute atomic E-state index is 0.218. The van der Waals surface area contributed by atoms with Crippen molar-refractivity contribution in [2.75, 3.05) is 18.0 Å². The van der Waals surface area contributed by atoms with Crippen molar-refractivity contribution in [1.82, 2.24) is 9.55 Å². The van der Waals surface area contributed by atoms with Gasteiger partial charge in [-0.3, -0.25) is 4.79 Å². The molecule has 1 amide bonds. The minimum atomic E-state index is -0.377. The molecule has 0 atom stereocenters. The first-order chi connectivity index (χ1) is 9.63. The zero-order valence-corrected chi connectivity index (χ0v) is 11.3. The molecule has 0 radical (unpaired) electrons. The lowest BCUT2D eigenvalue weighted by atomic mass is 10.2. The number of aryl methyl sites for hydroxylation is 1. The van der Waals surface area contributed by atoms with Crippen LogP contribution in [-0.4, -0.2) is 28.5 Å². The molecule has 1 aromatic carbocycles. The summed E-state index contributed by atoms with van der Waals surface area (Å²) in [6.07, 6.45) is 3.69. The van der Waals surface area contributed by atoms with Gasteiger partial charge in [0.25, 0.3) is 5.91 Å². The third kappa shape index (κ3) is 3.03. The van der Waals surface area contributed by atoms with Crippen molar-refractivity contribution in [3.63, 3.8) is 0 Å². The Labute approximate surface area is 116 Å². The highest BCUT2D eigenvalue weighted by atomic mass is 19.1. The van der Waals surface area contributed by atoms with Crippen molar-refractivity contribution in [2.24, 2.45) is 12.8 Å². The third-order valence-electron chi connectivity index (χ3n) is 2.99. The lowest BCUT2D eigenvalue weighted by molar-refractivity contribution is 0.0979. The number of carbonyl (C=O) groups is 1. The number of halogens is 1. The number of aromatic nitrogens is 2.